The van der Waals surface area contributed by atoms with Crippen LogP contribution in [0.4, 0.5) is 0 Å². The highest BCUT2D eigenvalue weighted by molar-refractivity contribution is 8.01. The summed E-state index contributed by atoms with van der Waals surface area (Å²) in [5.74, 6) is -0.925. The van der Waals surface area contributed by atoms with Gasteiger partial charge in [-0.2, -0.15) is 11.8 Å². The van der Waals surface area contributed by atoms with Crippen LogP contribution in [0.25, 0.3) is 0 Å². The third kappa shape index (κ3) is 4.33. The monoisotopic (exact) mass is 219 g/mol. The summed E-state index contributed by atoms with van der Waals surface area (Å²) < 4.78 is -0.402. The molecule has 0 amide bonds. The molecule has 0 rings (SSSR count). The van der Waals surface area contributed by atoms with Crippen molar-refractivity contribution in [3.63, 3.8) is 0 Å². The van der Waals surface area contributed by atoms with Gasteiger partial charge in [0, 0.05) is 10.00 Å². The number of hydrogen-bond donors (Lipinski definition) is 2. The molecule has 0 aliphatic heterocycles. The zero-order chi connectivity index (χ0) is 11.4. The van der Waals surface area contributed by atoms with Crippen LogP contribution in [0.3, 0.4) is 0 Å². The van der Waals surface area contributed by atoms with Crippen LogP contribution < -0.4 is 5.73 Å². The minimum Gasteiger partial charge on any atom is -0.480 e. The highest BCUT2D eigenvalue weighted by Gasteiger charge is 2.33. The third-order valence-corrected chi connectivity index (χ3v) is 3.71. The molecule has 1 unspecified atom stereocenters. The molecule has 0 fully saturated rings. The molecular weight excluding hydrogens is 198 g/mol. The van der Waals surface area contributed by atoms with Crippen molar-refractivity contribution in [3.05, 3.63) is 0 Å². The summed E-state index contributed by atoms with van der Waals surface area (Å²) in [6, 6.07) is -0.799. The fourth-order valence-corrected chi connectivity index (χ4v) is 2.99. The molecule has 0 heterocycles. The number of thioether (sulfide) groups is 1. The third-order valence-electron chi connectivity index (χ3n) is 2.22. The fourth-order valence-electron chi connectivity index (χ4n) is 1.35. The minimum absolute atomic E-state index is 0.402. The molecule has 3 nitrogen and oxygen atoms in total. The number of carbonyl (C=O) groups is 1. The Morgan fingerprint density at radius 2 is 2.07 bits per heavy atom. The van der Waals surface area contributed by atoms with Crippen molar-refractivity contribution in [2.24, 2.45) is 5.73 Å². The average molecular weight is 219 g/mol. The Labute approximate surface area is 90.4 Å². The molecule has 0 bridgehead atoms. The van der Waals surface area contributed by atoms with Gasteiger partial charge in [0.05, 0.1) is 0 Å². The molecule has 0 radical (unpaired) electrons. The van der Waals surface area contributed by atoms with Crippen LogP contribution >= 0.6 is 11.8 Å². The van der Waals surface area contributed by atoms with Gasteiger partial charge in [0.1, 0.15) is 6.04 Å². The average Bonchev–Trinajstić information content (AvgIpc) is 2.02. The van der Waals surface area contributed by atoms with E-state index in [0.29, 0.717) is 5.25 Å². The fraction of sp³-hybridized carbons (Fsp3) is 0.900. The Morgan fingerprint density at radius 3 is 2.43 bits per heavy atom. The van der Waals surface area contributed by atoms with E-state index in [4.69, 9.17) is 10.8 Å². The van der Waals surface area contributed by atoms with Crippen molar-refractivity contribution in [1.82, 2.24) is 0 Å². The van der Waals surface area contributed by atoms with E-state index in [1.165, 1.54) is 0 Å². The summed E-state index contributed by atoms with van der Waals surface area (Å²) in [5, 5.41) is 9.28. The van der Waals surface area contributed by atoms with Gasteiger partial charge in [-0.3, -0.25) is 4.79 Å². The Balaban J connectivity index is 4.25. The molecule has 3 N–H and O–H groups in total. The summed E-state index contributed by atoms with van der Waals surface area (Å²) in [6.07, 6.45) is 2.22. The molecule has 0 aromatic carbocycles. The van der Waals surface area contributed by atoms with E-state index in [2.05, 4.69) is 13.8 Å². The van der Waals surface area contributed by atoms with Crippen LogP contribution in [0.2, 0.25) is 0 Å². The summed E-state index contributed by atoms with van der Waals surface area (Å²) in [6.45, 7) is 8.02. The Kier molecular flexibility index (Phi) is 5.52. The lowest BCUT2D eigenvalue weighted by atomic mass is 10.1. The maximum Gasteiger partial charge on any atom is 0.321 e. The summed E-state index contributed by atoms with van der Waals surface area (Å²) in [5.41, 5.74) is 5.62. The van der Waals surface area contributed by atoms with Crippen molar-refractivity contribution < 1.29 is 9.90 Å². The molecular formula is C10H21NO2S. The first-order chi connectivity index (χ1) is 6.31. The van der Waals surface area contributed by atoms with Crippen molar-refractivity contribution in [1.29, 1.82) is 0 Å². The minimum atomic E-state index is -0.925. The first kappa shape index (κ1) is 13.8. The number of hydrogen-bond acceptors (Lipinski definition) is 3. The Morgan fingerprint density at radius 1 is 1.57 bits per heavy atom. The van der Waals surface area contributed by atoms with Crippen LogP contribution in [-0.4, -0.2) is 27.1 Å². The van der Waals surface area contributed by atoms with Crippen LogP contribution in [-0.2, 0) is 4.79 Å². The second-order valence-electron chi connectivity index (χ2n) is 4.14. The zero-order valence-corrected chi connectivity index (χ0v) is 10.2. The zero-order valence-electron chi connectivity index (χ0n) is 9.41. The maximum absolute atomic E-state index is 10.7. The smallest absolute Gasteiger partial charge is 0.321 e. The summed E-state index contributed by atoms with van der Waals surface area (Å²) in [4.78, 5) is 10.7. The van der Waals surface area contributed by atoms with Gasteiger partial charge in [-0.25, -0.2) is 0 Å². The van der Waals surface area contributed by atoms with E-state index < -0.39 is 16.8 Å². The topological polar surface area (TPSA) is 63.3 Å². The van der Waals surface area contributed by atoms with Gasteiger partial charge in [0.2, 0.25) is 0 Å². The first-order valence-electron chi connectivity index (χ1n) is 4.97. The SMILES string of the molecule is CCCC(C)SC(C)(C)[C@@H](N)C(=O)O. The Bertz CT molecular complexity index is 195. The predicted octanol–water partition coefficient (Wildman–Crippen LogP) is 2.10. The summed E-state index contributed by atoms with van der Waals surface area (Å²) >= 11 is 1.66. The number of carboxylic acid groups (broad SMARTS) is 1. The van der Waals surface area contributed by atoms with E-state index in [1.54, 1.807) is 11.8 Å². The largest absolute Gasteiger partial charge is 0.480 e. The lowest BCUT2D eigenvalue weighted by Crippen LogP contribution is -2.47. The van der Waals surface area contributed by atoms with Gasteiger partial charge in [0.25, 0.3) is 0 Å². The van der Waals surface area contributed by atoms with Crippen molar-refractivity contribution >= 4 is 17.7 Å². The van der Waals surface area contributed by atoms with E-state index in [-0.39, 0.29) is 0 Å². The number of aliphatic carboxylic acids is 1. The van der Waals surface area contributed by atoms with Crippen molar-refractivity contribution in [3.8, 4) is 0 Å². The normalized spacial score (nSPS) is 16.4. The molecule has 4 heteroatoms. The standard InChI is InChI=1S/C10H21NO2S/c1-5-6-7(2)14-10(3,4)8(11)9(12)13/h7-8H,5-6,11H2,1-4H3,(H,12,13)/t7?,8-/m0/s1. The van der Waals surface area contributed by atoms with E-state index >= 15 is 0 Å². The van der Waals surface area contributed by atoms with Gasteiger partial charge >= 0.3 is 5.97 Å². The lowest BCUT2D eigenvalue weighted by Gasteiger charge is -2.30. The van der Waals surface area contributed by atoms with Gasteiger partial charge in [-0.05, 0) is 20.3 Å². The molecule has 84 valence electrons. The van der Waals surface area contributed by atoms with Gasteiger partial charge in [0.15, 0.2) is 0 Å². The highest BCUT2D eigenvalue weighted by atomic mass is 32.2. The molecule has 14 heavy (non-hydrogen) atoms. The number of carboxylic acids is 1. The number of nitrogens with two attached hydrogens (primary N) is 1. The molecule has 0 aliphatic rings. The van der Waals surface area contributed by atoms with Crippen molar-refractivity contribution in [2.45, 2.75) is 56.6 Å². The second kappa shape index (κ2) is 5.61. The van der Waals surface area contributed by atoms with E-state index in [0.717, 1.165) is 12.8 Å². The lowest BCUT2D eigenvalue weighted by molar-refractivity contribution is -0.139. The molecule has 0 aromatic rings. The first-order valence-corrected chi connectivity index (χ1v) is 5.85. The molecule has 0 aromatic heterocycles. The molecule has 0 aliphatic carbocycles. The van der Waals surface area contributed by atoms with E-state index in [9.17, 15) is 4.79 Å². The highest BCUT2D eigenvalue weighted by Crippen LogP contribution is 2.33. The van der Waals surface area contributed by atoms with Crippen LogP contribution in [0.1, 0.15) is 40.5 Å². The molecule has 0 saturated carbocycles. The quantitative estimate of drug-likeness (QED) is 0.718. The van der Waals surface area contributed by atoms with Crippen LogP contribution in [0.5, 0.6) is 0 Å². The number of rotatable bonds is 6. The summed E-state index contributed by atoms with van der Waals surface area (Å²) in [7, 11) is 0. The van der Waals surface area contributed by atoms with Crippen molar-refractivity contribution in [2.75, 3.05) is 0 Å². The molecule has 0 saturated heterocycles. The second-order valence-corrected chi connectivity index (χ2v) is 6.23. The predicted molar refractivity (Wildman–Crippen MR) is 61.7 cm³/mol. The molecule has 2 atom stereocenters. The Hall–Kier alpha value is -0.220. The van der Waals surface area contributed by atoms with Gasteiger partial charge in [-0.15, -0.1) is 0 Å². The van der Waals surface area contributed by atoms with Gasteiger partial charge < -0.3 is 10.8 Å². The molecule has 0 spiro atoms. The van der Waals surface area contributed by atoms with Crippen LogP contribution in [0.15, 0.2) is 0 Å². The maximum atomic E-state index is 10.7. The van der Waals surface area contributed by atoms with Gasteiger partial charge in [-0.1, -0.05) is 20.3 Å². The van der Waals surface area contributed by atoms with E-state index in [1.807, 2.05) is 13.8 Å². The van der Waals surface area contributed by atoms with Crippen LogP contribution in [0, 0.1) is 0 Å².